The standard InChI is InChI=1S/C21H32Cl2N4O/c1-24(2)21(28)27(17-7-4-3-5-8-17)16-13-25-11-14-26(15-12-25)19-10-6-9-18(22)20(19)23/h6,9-10,17H,3-5,7-8,11-16H2,1-2H3. The summed E-state index contributed by atoms with van der Waals surface area (Å²) in [4.78, 5) is 21.3. The fraction of sp³-hybridized carbons (Fsp3) is 0.667. The van der Waals surface area contributed by atoms with E-state index in [0.29, 0.717) is 16.1 Å². The molecule has 2 amide bonds. The van der Waals surface area contributed by atoms with Crippen LogP contribution in [0.4, 0.5) is 10.5 Å². The molecule has 2 fully saturated rings. The van der Waals surface area contributed by atoms with Crippen molar-refractivity contribution in [1.82, 2.24) is 14.7 Å². The van der Waals surface area contributed by atoms with E-state index in [1.54, 1.807) is 4.90 Å². The highest BCUT2D eigenvalue weighted by atomic mass is 35.5. The number of benzene rings is 1. The normalized spacial score (nSPS) is 18.9. The SMILES string of the molecule is CN(C)C(=O)N(CCN1CCN(c2cccc(Cl)c2Cl)CC1)C1CCCCC1. The largest absolute Gasteiger partial charge is 0.368 e. The molecule has 28 heavy (non-hydrogen) atoms. The molecule has 1 heterocycles. The molecule has 0 bridgehead atoms. The molecule has 0 N–H and O–H groups in total. The summed E-state index contributed by atoms with van der Waals surface area (Å²) in [6.07, 6.45) is 6.05. The van der Waals surface area contributed by atoms with Crippen LogP contribution in [0.1, 0.15) is 32.1 Å². The third-order valence-electron chi connectivity index (χ3n) is 5.95. The van der Waals surface area contributed by atoms with E-state index >= 15 is 0 Å². The van der Waals surface area contributed by atoms with Crippen molar-refractivity contribution in [3.63, 3.8) is 0 Å². The highest BCUT2D eigenvalue weighted by Gasteiger charge is 2.27. The Morgan fingerprint density at radius 1 is 1.07 bits per heavy atom. The summed E-state index contributed by atoms with van der Waals surface area (Å²) in [6, 6.07) is 6.35. The first-order chi connectivity index (χ1) is 13.5. The van der Waals surface area contributed by atoms with Crippen LogP contribution in [-0.4, -0.2) is 80.1 Å². The van der Waals surface area contributed by atoms with Gasteiger partial charge >= 0.3 is 6.03 Å². The molecule has 1 aliphatic carbocycles. The minimum Gasteiger partial charge on any atom is -0.368 e. The second-order valence-electron chi connectivity index (χ2n) is 8.06. The summed E-state index contributed by atoms with van der Waals surface area (Å²) < 4.78 is 0. The highest BCUT2D eigenvalue weighted by molar-refractivity contribution is 6.43. The van der Waals surface area contributed by atoms with Crippen molar-refractivity contribution >= 4 is 34.9 Å². The maximum absolute atomic E-state index is 12.7. The Kier molecular flexibility index (Phi) is 7.72. The number of piperazine rings is 1. The molecule has 0 unspecified atom stereocenters. The maximum Gasteiger partial charge on any atom is 0.319 e. The van der Waals surface area contributed by atoms with E-state index in [-0.39, 0.29) is 6.03 Å². The van der Waals surface area contributed by atoms with E-state index < -0.39 is 0 Å². The number of carbonyl (C=O) groups excluding carboxylic acids is 1. The van der Waals surface area contributed by atoms with Crippen molar-refractivity contribution in [3.05, 3.63) is 28.2 Å². The van der Waals surface area contributed by atoms with E-state index in [9.17, 15) is 4.79 Å². The molecular weight excluding hydrogens is 395 g/mol. The third kappa shape index (κ3) is 5.25. The molecule has 1 aromatic rings. The van der Waals surface area contributed by atoms with Gasteiger partial charge in [-0.05, 0) is 25.0 Å². The first-order valence-electron chi connectivity index (χ1n) is 10.4. The van der Waals surface area contributed by atoms with Crippen LogP contribution in [0.25, 0.3) is 0 Å². The number of urea groups is 1. The summed E-state index contributed by atoms with van der Waals surface area (Å²) in [7, 11) is 3.71. The van der Waals surface area contributed by atoms with Crippen molar-refractivity contribution in [2.24, 2.45) is 0 Å². The molecule has 1 saturated carbocycles. The highest BCUT2D eigenvalue weighted by Crippen LogP contribution is 2.33. The summed E-state index contributed by atoms with van der Waals surface area (Å²) >= 11 is 12.5. The Labute approximate surface area is 179 Å². The van der Waals surface area contributed by atoms with Crippen LogP contribution >= 0.6 is 23.2 Å². The Hall–Kier alpha value is -1.17. The van der Waals surface area contributed by atoms with Gasteiger partial charge in [-0.3, -0.25) is 4.90 Å². The lowest BCUT2D eigenvalue weighted by Crippen LogP contribution is -2.52. The van der Waals surface area contributed by atoms with E-state index in [1.807, 2.05) is 32.3 Å². The first-order valence-corrected chi connectivity index (χ1v) is 11.1. The Balaban J connectivity index is 1.54. The third-order valence-corrected chi connectivity index (χ3v) is 6.75. The molecule has 5 nitrogen and oxygen atoms in total. The predicted molar refractivity (Wildman–Crippen MR) is 118 cm³/mol. The van der Waals surface area contributed by atoms with Crippen LogP contribution < -0.4 is 4.90 Å². The minimum absolute atomic E-state index is 0.149. The molecule has 1 saturated heterocycles. The monoisotopic (exact) mass is 426 g/mol. The van der Waals surface area contributed by atoms with Crippen LogP contribution in [-0.2, 0) is 0 Å². The molecule has 0 aromatic heterocycles. The number of hydrogen-bond acceptors (Lipinski definition) is 3. The van der Waals surface area contributed by atoms with Crippen LogP contribution in [0.5, 0.6) is 0 Å². The van der Waals surface area contributed by atoms with E-state index in [4.69, 9.17) is 23.2 Å². The van der Waals surface area contributed by atoms with Crippen molar-refractivity contribution in [2.75, 3.05) is 58.3 Å². The molecule has 1 aromatic carbocycles. The Morgan fingerprint density at radius 2 is 1.75 bits per heavy atom. The Morgan fingerprint density at radius 3 is 2.39 bits per heavy atom. The van der Waals surface area contributed by atoms with E-state index in [1.165, 1.54) is 19.3 Å². The van der Waals surface area contributed by atoms with Gasteiger partial charge in [-0.15, -0.1) is 0 Å². The van der Waals surface area contributed by atoms with Gasteiger partial charge in [0.05, 0.1) is 15.7 Å². The van der Waals surface area contributed by atoms with Crippen molar-refractivity contribution in [1.29, 1.82) is 0 Å². The van der Waals surface area contributed by atoms with Crippen molar-refractivity contribution in [3.8, 4) is 0 Å². The minimum atomic E-state index is 0.149. The molecule has 0 spiro atoms. The number of nitrogens with zero attached hydrogens (tertiary/aromatic N) is 4. The second kappa shape index (κ2) is 10.0. The molecule has 156 valence electrons. The first kappa shape index (κ1) is 21.5. The van der Waals surface area contributed by atoms with Gasteiger partial charge in [0.15, 0.2) is 0 Å². The van der Waals surface area contributed by atoms with Crippen LogP contribution in [0.15, 0.2) is 18.2 Å². The van der Waals surface area contributed by atoms with E-state index in [2.05, 4.69) is 14.7 Å². The van der Waals surface area contributed by atoms with E-state index in [0.717, 1.165) is 57.8 Å². The molecule has 0 atom stereocenters. The fourth-order valence-electron chi connectivity index (χ4n) is 4.28. The zero-order chi connectivity index (χ0) is 20.1. The van der Waals surface area contributed by atoms with Crippen molar-refractivity contribution < 1.29 is 4.79 Å². The number of carbonyl (C=O) groups is 1. The number of rotatable bonds is 5. The molecular formula is C21H32Cl2N4O. The van der Waals surface area contributed by atoms with Crippen LogP contribution in [0.3, 0.4) is 0 Å². The fourth-order valence-corrected chi connectivity index (χ4v) is 4.70. The van der Waals surface area contributed by atoms with Gasteiger partial charge in [0, 0.05) is 59.4 Å². The van der Waals surface area contributed by atoms with Gasteiger partial charge in [0.1, 0.15) is 0 Å². The van der Waals surface area contributed by atoms with Gasteiger partial charge in [0.2, 0.25) is 0 Å². The maximum atomic E-state index is 12.7. The summed E-state index contributed by atoms with van der Waals surface area (Å²) in [5.41, 5.74) is 1.01. The van der Waals surface area contributed by atoms with Gasteiger partial charge in [-0.1, -0.05) is 48.5 Å². The zero-order valence-electron chi connectivity index (χ0n) is 17.0. The lowest BCUT2D eigenvalue weighted by molar-refractivity contribution is 0.120. The van der Waals surface area contributed by atoms with Gasteiger partial charge in [-0.25, -0.2) is 4.79 Å². The van der Waals surface area contributed by atoms with Gasteiger partial charge in [0.25, 0.3) is 0 Å². The molecule has 0 radical (unpaired) electrons. The molecule has 2 aliphatic rings. The van der Waals surface area contributed by atoms with Crippen LogP contribution in [0.2, 0.25) is 10.0 Å². The number of halogens is 2. The zero-order valence-corrected chi connectivity index (χ0v) is 18.6. The summed E-state index contributed by atoms with van der Waals surface area (Å²) in [5, 5.41) is 1.24. The van der Waals surface area contributed by atoms with Gasteiger partial charge < -0.3 is 14.7 Å². The lowest BCUT2D eigenvalue weighted by atomic mass is 9.94. The average molecular weight is 427 g/mol. The lowest BCUT2D eigenvalue weighted by Gasteiger charge is -2.40. The van der Waals surface area contributed by atoms with Crippen LogP contribution in [0, 0.1) is 0 Å². The summed E-state index contributed by atoms with van der Waals surface area (Å²) in [5.74, 6) is 0. The second-order valence-corrected chi connectivity index (χ2v) is 8.85. The molecule has 3 rings (SSSR count). The average Bonchev–Trinajstić information content (AvgIpc) is 2.71. The molecule has 1 aliphatic heterocycles. The molecule has 7 heteroatoms. The topological polar surface area (TPSA) is 30.0 Å². The van der Waals surface area contributed by atoms with Gasteiger partial charge in [-0.2, -0.15) is 0 Å². The predicted octanol–water partition coefficient (Wildman–Crippen LogP) is 4.43. The number of amides is 2. The quantitative estimate of drug-likeness (QED) is 0.697. The van der Waals surface area contributed by atoms with Crippen molar-refractivity contribution in [2.45, 2.75) is 38.1 Å². The summed E-state index contributed by atoms with van der Waals surface area (Å²) in [6.45, 7) is 5.51. The number of anilines is 1. The smallest absolute Gasteiger partial charge is 0.319 e. The Bertz CT molecular complexity index is 656. The number of hydrogen-bond donors (Lipinski definition) is 0.